The Kier molecular flexibility index (Phi) is 13.7. The van der Waals surface area contributed by atoms with Crippen molar-refractivity contribution in [3.63, 3.8) is 0 Å². The zero-order valence-electron chi connectivity index (χ0n) is 25.6. The van der Waals surface area contributed by atoms with Gasteiger partial charge >= 0.3 is 5.97 Å². The van der Waals surface area contributed by atoms with Crippen LogP contribution in [0.25, 0.3) is 10.9 Å². The van der Waals surface area contributed by atoms with Gasteiger partial charge in [-0.3, -0.25) is 19.4 Å². The fraction of sp³-hybridized carbons (Fsp3) is 0.387. The number of carbonyl (C=O) groups is 4. The van der Waals surface area contributed by atoms with Crippen LogP contribution in [-0.4, -0.2) is 87.6 Å². The summed E-state index contributed by atoms with van der Waals surface area (Å²) < 4.78 is 0. The largest absolute Gasteiger partial charge is 0.508 e. The fourth-order valence-corrected chi connectivity index (χ4v) is 5.27. The summed E-state index contributed by atoms with van der Waals surface area (Å²) in [5.74, 6) is -2.73. The number of aliphatic carboxylic acids is 1. The number of para-hydroxylation sites is 1. The maximum atomic E-state index is 13.6. The van der Waals surface area contributed by atoms with Gasteiger partial charge < -0.3 is 48.3 Å². The second-order valence-electron chi connectivity index (χ2n) is 10.8. The Balaban J connectivity index is 1.74. The lowest BCUT2D eigenvalue weighted by Gasteiger charge is -2.25. The summed E-state index contributed by atoms with van der Waals surface area (Å²) >= 11 is 1.48. The number of phenolic OH excluding ortho intramolecular Hbond substituents is 1. The van der Waals surface area contributed by atoms with E-state index in [1.54, 1.807) is 18.3 Å². The maximum absolute atomic E-state index is 13.6. The first-order chi connectivity index (χ1) is 22.0. The minimum absolute atomic E-state index is 0.0124. The van der Waals surface area contributed by atoms with E-state index in [0.717, 1.165) is 16.5 Å². The minimum atomic E-state index is -1.27. The number of amides is 3. The topological polar surface area (TPSA) is 251 Å². The number of thioether (sulfide) groups is 1. The quantitative estimate of drug-likeness (QED) is 0.0516. The predicted octanol–water partition coefficient (Wildman–Crippen LogP) is 0.332. The predicted molar refractivity (Wildman–Crippen MR) is 178 cm³/mol. The molecule has 0 spiro atoms. The zero-order valence-corrected chi connectivity index (χ0v) is 26.4. The number of carbonyl (C=O) groups excluding carboxylic acids is 3. The number of nitrogens with one attached hydrogen (secondary N) is 4. The summed E-state index contributed by atoms with van der Waals surface area (Å²) in [6.45, 7) is 0.176. The number of fused-ring (bicyclic) bond motifs is 1. The number of rotatable bonds is 18. The van der Waals surface area contributed by atoms with Crippen LogP contribution in [-0.2, 0) is 32.0 Å². The Labute approximate surface area is 271 Å². The number of carboxylic acid groups (broad SMARTS) is 1. The highest BCUT2D eigenvalue weighted by Gasteiger charge is 2.30. The van der Waals surface area contributed by atoms with Gasteiger partial charge in [0.05, 0.1) is 6.04 Å². The number of aliphatic imine (C=N–C) groups is 1. The van der Waals surface area contributed by atoms with Gasteiger partial charge in [0.15, 0.2) is 5.96 Å². The van der Waals surface area contributed by atoms with Gasteiger partial charge in [-0.25, -0.2) is 4.79 Å². The van der Waals surface area contributed by atoms with E-state index in [1.807, 2.05) is 30.5 Å². The van der Waals surface area contributed by atoms with Crippen LogP contribution in [0.1, 0.15) is 30.4 Å². The van der Waals surface area contributed by atoms with Crippen molar-refractivity contribution in [2.75, 3.05) is 18.6 Å². The van der Waals surface area contributed by atoms with Crippen LogP contribution in [0.5, 0.6) is 5.75 Å². The molecule has 15 heteroatoms. The third-order valence-electron chi connectivity index (χ3n) is 7.26. The molecule has 0 radical (unpaired) electrons. The molecule has 3 amide bonds. The van der Waals surface area contributed by atoms with E-state index in [2.05, 4.69) is 25.9 Å². The molecule has 4 unspecified atom stereocenters. The number of benzene rings is 2. The molecule has 0 aliphatic carbocycles. The molecule has 0 bridgehead atoms. The Morgan fingerprint density at radius 3 is 2.22 bits per heavy atom. The number of aromatic amines is 1. The van der Waals surface area contributed by atoms with Crippen LogP contribution in [0.4, 0.5) is 0 Å². The van der Waals surface area contributed by atoms with Crippen molar-refractivity contribution in [3.8, 4) is 5.75 Å². The molecule has 14 nitrogen and oxygen atoms in total. The number of hydrogen-bond acceptors (Lipinski definition) is 8. The molecule has 0 saturated heterocycles. The lowest BCUT2D eigenvalue weighted by atomic mass is 10.0. The third kappa shape index (κ3) is 11.0. The second kappa shape index (κ2) is 17.7. The Bertz CT molecular complexity index is 1510. The summed E-state index contributed by atoms with van der Waals surface area (Å²) in [5.41, 5.74) is 19.3. The lowest BCUT2D eigenvalue weighted by Crippen LogP contribution is -2.58. The zero-order chi connectivity index (χ0) is 33.6. The van der Waals surface area contributed by atoms with Gasteiger partial charge in [0.1, 0.15) is 23.9 Å². The molecule has 0 aliphatic rings. The number of nitrogens with zero attached hydrogens (tertiary/aromatic N) is 1. The molecule has 3 rings (SSSR count). The van der Waals surface area contributed by atoms with Gasteiger partial charge in [0.25, 0.3) is 0 Å². The normalized spacial score (nSPS) is 13.6. The number of phenols is 1. The van der Waals surface area contributed by atoms with Gasteiger partial charge in [0.2, 0.25) is 17.7 Å². The molecule has 2 aromatic carbocycles. The average molecular weight is 655 g/mol. The van der Waals surface area contributed by atoms with Gasteiger partial charge in [-0.15, -0.1) is 0 Å². The fourth-order valence-electron chi connectivity index (χ4n) is 4.80. The Hall–Kier alpha value is -4.76. The van der Waals surface area contributed by atoms with Crippen molar-refractivity contribution in [1.29, 1.82) is 0 Å². The summed E-state index contributed by atoms with van der Waals surface area (Å²) in [6.07, 6.45) is 4.46. The van der Waals surface area contributed by atoms with E-state index in [9.17, 15) is 29.4 Å². The standard InChI is InChI=1S/C31H42N8O6S/c1-46-14-12-24(37-27(41)22(32)16-19-17-36-23-6-3-2-5-21(19)23)28(42)39-26(15-18-8-10-20(40)11-9-18)29(43)38-25(30(44)45)7-4-13-35-31(33)34/h2-3,5-6,8-11,17,22,24-26,36,40H,4,7,12-16,32H2,1H3,(H,37,41)(H,38,43)(H,39,42)(H,44,45)(H4,33,34,35). The first kappa shape index (κ1) is 35.7. The average Bonchev–Trinajstić information content (AvgIpc) is 3.43. The van der Waals surface area contributed by atoms with Crippen molar-refractivity contribution < 1.29 is 29.4 Å². The van der Waals surface area contributed by atoms with Crippen molar-refractivity contribution in [2.24, 2.45) is 22.2 Å². The maximum Gasteiger partial charge on any atom is 0.326 e. The summed E-state index contributed by atoms with van der Waals surface area (Å²) in [4.78, 5) is 59.1. The van der Waals surface area contributed by atoms with Crippen LogP contribution in [0.2, 0.25) is 0 Å². The van der Waals surface area contributed by atoms with Gasteiger partial charge in [-0.05, 0) is 67.0 Å². The number of aromatic hydroxyl groups is 1. The second-order valence-corrected chi connectivity index (χ2v) is 11.8. The van der Waals surface area contributed by atoms with E-state index >= 15 is 0 Å². The summed E-state index contributed by atoms with van der Waals surface area (Å²) in [5, 5.41) is 28.3. The van der Waals surface area contributed by atoms with Gasteiger partial charge in [0, 0.05) is 30.1 Å². The molecular weight excluding hydrogens is 612 g/mol. The molecule has 12 N–H and O–H groups in total. The van der Waals surface area contributed by atoms with E-state index in [0.29, 0.717) is 11.3 Å². The third-order valence-corrected chi connectivity index (χ3v) is 7.91. The van der Waals surface area contributed by atoms with Gasteiger partial charge in [-0.2, -0.15) is 11.8 Å². The van der Waals surface area contributed by atoms with Crippen LogP contribution in [0.3, 0.4) is 0 Å². The monoisotopic (exact) mass is 654 g/mol. The Morgan fingerprint density at radius 1 is 0.891 bits per heavy atom. The molecule has 3 aromatic rings. The SMILES string of the molecule is CSCCC(NC(=O)C(N)Cc1c[nH]c2ccccc12)C(=O)NC(Cc1ccc(O)cc1)C(=O)NC(CCCN=C(N)N)C(=O)O. The molecule has 46 heavy (non-hydrogen) atoms. The number of hydrogen-bond donors (Lipinski definition) is 9. The van der Waals surface area contributed by atoms with E-state index < -0.39 is 47.9 Å². The Morgan fingerprint density at radius 2 is 1.54 bits per heavy atom. The molecular formula is C31H42N8O6S. The molecule has 0 saturated carbocycles. The van der Waals surface area contributed by atoms with Crippen molar-refractivity contribution >= 4 is 52.3 Å². The highest BCUT2D eigenvalue weighted by atomic mass is 32.2. The van der Waals surface area contributed by atoms with Crippen molar-refractivity contribution in [1.82, 2.24) is 20.9 Å². The molecule has 1 heterocycles. The lowest BCUT2D eigenvalue weighted by molar-refractivity contribution is -0.142. The summed E-state index contributed by atoms with van der Waals surface area (Å²) in [6, 6.07) is 9.25. The number of H-pyrrole nitrogens is 1. The van der Waals surface area contributed by atoms with Crippen molar-refractivity contribution in [2.45, 2.75) is 56.3 Å². The minimum Gasteiger partial charge on any atom is -0.508 e. The highest BCUT2D eigenvalue weighted by Crippen LogP contribution is 2.19. The number of guanidine groups is 1. The smallest absolute Gasteiger partial charge is 0.326 e. The van der Waals surface area contributed by atoms with Crippen LogP contribution >= 0.6 is 11.8 Å². The number of nitrogens with two attached hydrogens (primary N) is 3. The van der Waals surface area contributed by atoms with E-state index in [-0.39, 0.29) is 50.4 Å². The molecule has 1 aromatic heterocycles. The van der Waals surface area contributed by atoms with Gasteiger partial charge in [-0.1, -0.05) is 30.3 Å². The molecule has 4 atom stereocenters. The van der Waals surface area contributed by atoms with Crippen LogP contribution in [0.15, 0.2) is 59.7 Å². The van der Waals surface area contributed by atoms with Crippen LogP contribution < -0.4 is 33.2 Å². The summed E-state index contributed by atoms with van der Waals surface area (Å²) in [7, 11) is 0. The first-order valence-electron chi connectivity index (χ1n) is 14.7. The van der Waals surface area contributed by atoms with Crippen molar-refractivity contribution in [3.05, 3.63) is 65.9 Å². The first-order valence-corrected chi connectivity index (χ1v) is 16.1. The molecule has 0 fully saturated rings. The number of carboxylic acids is 1. The highest BCUT2D eigenvalue weighted by molar-refractivity contribution is 7.98. The number of aromatic nitrogens is 1. The molecule has 248 valence electrons. The van der Waals surface area contributed by atoms with E-state index in [1.165, 1.54) is 23.9 Å². The molecule has 0 aliphatic heterocycles. The van der Waals surface area contributed by atoms with E-state index in [4.69, 9.17) is 17.2 Å². The van der Waals surface area contributed by atoms with Crippen LogP contribution in [0, 0.1) is 0 Å².